The van der Waals surface area contributed by atoms with Gasteiger partial charge in [-0.1, -0.05) is 19.1 Å². The van der Waals surface area contributed by atoms with E-state index in [9.17, 15) is 34.8 Å². The van der Waals surface area contributed by atoms with Crippen molar-refractivity contribution in [2.45, 2.75) is 30.9 Å². The van der Waals surface area contributed by atoms with Crippen molar-refractivity contribution in [2.75, 3.05) is 7.05 Å². The van der Waals surface area contributed by atoms with Gasteiger partial charge in [-0.15, -0.1) is 0 Å². The molecular weight excluding hydrogens is 392 g/mol. The Morgan fingerprint density at radius 1 is 1.23 bits per heavy atom. The first-order valence-corrected chi connectivity index (χ1v) is 9.54. The van der Waals surface area contributed by atoms with Crippen LogP contribution in [0.15, 0.2) is 40.9 Å². The summed E-state index contributed by atoms with van der Waals surface area (Å²) in [5.41, 5.74) is 2.22. The number of nitrogens with one attached hydrogen (secondary N) is 1. The zero-order valence-corrected chi connectivity index (χ0v) is 16.3. The first kappa shape index (κ1) is 20.1. The molecule has 5 atom stereocenters. The summed E-state index contributed by atoms with van der Waals surface area (Å²) in [6, 6.07) is 3.61. The molecule has 0 aliphatic heterocycles. The van der Waals surface area contributed by atoms with Gasteiger partial charge >= 0.3 is 0 Å². The predicted octanol–water partition coefficient (Wildman–Crippen LogP) is 0.339. The summed E-state index contributed by atoms with van der Waals surface area (Å²) < 4.78 is 0. The number of carbonyl (C=O) groups excluding carboxylic acids is 3. The number of aromatic hydroxyl groups is 1. The zero-order chi connectivity index (χ0) is 22.1. The maximum absolute atomic E-state index is 13.2. The first-order valence-electron chi connectivity index (χ1n) is 9.54. The van der Waals surface area contributed by atoms with Crippen LogP contribution in [0.2, 0.25) is 0 Å². The van der Waals surface area contributed by atoms with Crippen molar-refractivity contribution in [2.24, 2.45) is 17.6 Å². The molecule has 0 heterocycles. The van der Waals surface area contributed by atoms with E-state index in [-0.39, 0.29) is 29.2 Å². The molecule has 0 radical (unpaired) electrons. The maximum Gasteiger partial charge on any atom is 0.255 e. The van der Waals surface area contributed by atoms with Crippen LogP contribution in [-0.2, 0) is 9.59 Å². The van der Waals surface area contributed by atoms with Crippen molar-refractivity contribution in [3.63, 3.8) is 0 Å². The Hall–Kier alpha value is -3.17. The van der Waals surface area contributed by atoms with Crippen molar-refractivity contribution in [3.8, 4) is 5.75 Å². The summed E-state index contributed by atoms with van der Waals surface area (Å²) in [7, 11) is 1.47. The lowest BCUT2D eigenvalue weighted by atomic mass is 9.57. The number of aliphatic hydroxyl groups is 3. The van der Waals surface area contributed by atoms with Crippen LogP contribution in [-0.4, -0.2) is 56.6 Å². The lowest BCUT2D eigenvalue weighted by molar-refractivity contribution is -0.146. The molecule has 30 heavy (non-hydrogen) atoms. The molecule has 1 aromatic rings. The van der Waals surface area contributed by atoms with Crippen LogP contribution in [0.25, 0.3) is 0 Å². The second kappa shape index (κ2) is 6.41. The maximum atomic E-state index is 13.2. The zero-order valence-electron chi connectivity index (χ0n) is 16.3. The van der Waals surface area contributed by atoms with E-state index in [0.717, 1.165) is 0 Å². The number of aliphatic hydroxyl groups excluding tert-OH is 2. The van der Waals surface area contributed by atoms with E-state index in [1.165, 1.54) is 13.1 Å². The van der Waals surface area contributed by atoms with Crippen molar-refractivity contribution in [1.29, 1.82) is 0 Å². The summed E-state index contributed by atoms with van der Waals surface area (Å²) in [5.74, 6) is -6.90. The van der Waals surface area contributed by atoms with Gasteiger partial charge in [0, 0.05) is 11.5 Å². The number of phenolic OH excluding ortho intramolecular Hbond substituents is 1. The Bertz CT molecular complexity index is 1070. The van der Waals surface area contributed by atoms with Crippen molar-refractivity contribution in [1.82, 2.24) is 5.32 Å². The first-order chi connectivity index (χ1) is 14.1. The molecule has 7 N–H and O–H groups in total. The van der Waals surface area contributed by atoms with Gasteiger partial charge in [-0.2, -0.15) is 0 Å². The fourth-order valence-corrected chi connectivity index (χ4v) is 5.27. The van der Waals surface area contributed by atoms with E-state index in [1.807, 2.05) is 6.92 Å². The number of primary amides is 1. The molecule has 0 saturated heterocycles. The monoisotopic (exact) mass is 414 g/mol. The van der Waals surface area contributed by atoms with Gasteiger partial charge in [0.1, 0.15) is 22.8 Å². The number of rotatable bonds is 2. The van der Waals surface area contributed by atoms with Crippen molar-refractivity contribution < 1.29 is 34.8 Å². The average Bonchev–Trinajstić information content (AvgIpc) is 2.68. The number of hydrogen-bond donors (Lipinski definition) is 6. The number of benzene rings is 1. The molecule has 9 heteroatoms. The third-order valence-corrected chi connectivity index (χ3v) is 6.76. The molecule has 0 fully saturated rings. The van der Waals surface area contributed by atoms with E-state index in [2.05, 4.69) is 5.32 Å². The molecule has 0 aromatic heterocycles. The van der Waals surface area contributed by atoms with E-state index in [4.69, 9.17) is 5.73 Å². The minimum atomic E-state index is -2.62. The second-order valence-electron chi connectivity index (χ2n) is 8.06. The number of ketones is 2. The van der Waals surface area contributed by atoms with Gasteiger partial charge in [-0.3, -0.25) is 14.4 Å². The number of allylic oxidation sites excluding steroid dienone is 1. The van der Waals surface area contributed by atoms with E-state index < -0.39 is 58.0 Å². The molecular formula is C21H22N2O7. The average molecular weight is 414 g/mol. The molecule has 158 valence electrons. The Labute approximate surface area is 171 Å². The van der Waals surface area contributed by atoms with Crippen LogP contribution in [0.1, 0.15) is 35.2 Å². The van der Waals surface area contributed by atoms with Gasteiger partial charge in [0.25, 0.3) is 5.91 Å². The summed E-state index contributed by atoms with van der Waals surface area (Å²) >= 11 is 0. The number of fused-ring (bicyclic) bond motifs is 3. The highest BCUT2D eigenvalue weighted by Gasteiger charge is 2.63. The lowest BCUT2D eigenvalue weighted by Crippen LogP contribution is -2.63. The number of Topliss-reactive ketones (excluding diaryl/α,β-unsaturated/α-hetero) is 2. The van der Waals surface area contributed by atoms with Gasteiger partial charge in [0.2, 0.25) is 5.78 Å². The predicted molar refractivity (Wildman–Crippen MR) is 104 cm³/mol. The number of phenols is 1. The van der Waals surface area contributed by atoms with E-state index in [1.54, 1.807) is 12.1 Å². The summed E-state index contributed by atoms with van der Waals surface area (Å²) in [5, 5.41) is 45.9. The lowest BCUT2D eigenvalue weighted by Gasteiger charge is -2.49. The molecule has 0 saturated carbocycles. The molecule has 1 amide bonds. The number of likely N-dealkylation sites (N-methyl/N-ethyl adjacent to an activating group) is 1. The van der Waals surface area contributed by atoms with Gasteiger partial charge in [0.15, 0.2) is 11.4 Å². The topological polar surface area (TPSA) is 170 Å². The third kappa shape index (κ3) is 2.27. The number of nitrogens with two attached hydrogens (primary N) is 1. The van der Waals surface area contributed by atoms with Gasteiger partial charge in [-0.25, -0.2) is 0 Å². The van der Waals surface area contributed by atoms with E-state index >= 15 is 0 Å². The second-order valence-corrected chi connectivity index (χ2v) is 8.06. The number of hydrogen-bond acceptors (Lipinski definition) is 8. The summed E-state index contributed by atoms with van der Waals surface area (Å²) in [6.45, 7) is 1.82. The molecule has 0 spiro atoms. The van der Waals surface area contributed by atoms with Crippen LogP contribution in [0, 0.1) is 11.8 Å². The summed E-state index contributed by atoms with van der Waals surface area (Å²) in [4.78, 5) is 38.1. The highest BCUT2D eigenvalue weighted by Crippen LogP contribution is 2.54. The van der Waals surface area contributed by atoms with Crippen molar-refractivity contribution >= 4 is 17.5 Å². The van der Waals surface area contributed by atoms with Gasteiger partial charge in [-0.05, 0) is 36.9 Å². The largest absolute Gasteiger partial charge is 0.510 e. The molecule has 1 aromatic carbocycles. The Kier molecular flexibility index (Phi) is 4.30. The fraction of sp³-hybridized carbons (Fsp3) is 0.381. The summed E-state index contributed by atoms with van der Waals surface area (Å²) in [6.07, 6.45) is 0.0608. The Morgan fingerprint density at radius 3 is 2.50 bits per heavy atom. The fourth-order valence-electron chi connectivity index (χ4n) is 5.27. The SMILES string of the molecule is CNC1C(O)=C(C(N)=O)C(=O)[C@@]2(O)C(O)=C3C(=O)c4c(O)cccc4[C@@H](C)[C@H]3C[C@@H]12. The Morgan fingerprint density at radius 2 is 1.90 bits per heavy atom. The number of carbonyl (C=O) groups is 3. The smallest absolute Gasteiger partial charge is 0.255 e. The van der Waals surface area contributed by atoms with Crippen LogP contribution in [0.5, 0.6) is 5.75 Å². The minimum Gasteiger partial charge on any atom is -0.510 e. The van der Waals surface area contributed by atoms with Crippen molar-refractivity contribution in [3.05, 3.63) is 52.0 Å². The highest BCUT2D eigenvalue weighted by molar-refractivity contribution is 6.24. The quantitative estimate of drug-likeness (QED) is 0.376. The Balaban J connectivity index is 1.99. The normalized spacial score (nSPS) is 33.2. The minimum absolute atomic E-state index is 0.00629. The molecule has 9 nitrogen and oxygen atoms in total. The molecule has 1 unspecified atom stereocenters. The molecule has 3 aliphatic carbocycles. The third-order valence-electron chi connectivity index (χ3n) is 6.76. The molecule has 4 rings (SSSR count). The standard InChI is InChI=1S/C21H22N2O7/c1-7-8-4-3-5-11(24)12(8)16(25)13-9(7)6-10-15(23-2)17(26)14(20(22)29)19(28)21(10,30)18(13)27/h3-5,7,9-10,15,23-24,26-27,30H,6H2,1-2H3,(H2,22,29)/t7-,9-,10+,15?,21+/m1/s1. The van der Waals surface area contributed by atoms with Crippen LogP contribution in [0.4, 0.5) is 0 Å². The van der Waals surface area contributed by atoms with Crippen LogP contribution >= 0.6 is 0 Å². The van der Waals surface area contributed by atoms with E-state index in [0.29, 0.717) is 5.56 Å². The molecule has 0 bridgehead atoms. The van der Waals surface area contributed by atoms with Crippen LogP contribution < -0.4 is 11.1 Å². The molecule has 3 aliphatic rings. The van der Waals surface area contributed by atoms with Gasteiger partial charge in [0.05, 0.1) is 11.6 Å². The number of amides is 1. The highest BCUT2D eigenvalue weighted by atomic mass is 16.3. The van der Waals surface area contributed by atoms with Crippen LogP contribution in [0.3, 0.4) is 0 Å². The van der Waals surface area contributed by atoms with Gasteiger partial charge < -0.3 is 31.5 Å².